The molecule has 2 heterocycles. The highest BCUT2D eigenvalue weighted by molar-refractivity contribution is 7.22. The number of hydrogen-bond donors (Lipinski definition) is 1. The molecule has 31 heavy (non-hydrogen) atoms. The first-order chi connectivity index (χ1) is 15.1. The zero-order chi connectivity index (χ0) is 21.8. The molecule has 0 radical (unpaired) electrons. The van der Waals surface area contributed by atoms with E-state index >= 15 is 0 Å². The van der Waals surface area contributed by atoms with Gasteiger partial charge in [-0.1, -0.05) is 17.4 Å². The molecule has 1 aliphatic heterocycles. The molecule has 0 aliphatic carbocycles. The third kappa shape index (κ3) is 5.08. The smallest absolute Gasteiger partial charge is 0.251 e. The summed E-state index contributed by atoms with van der Waals surface area (Å²) in [5, 5.41) is 4.10. The van der Waals surface area contributed by atoms with Gasteiger partial charge >= 0.3 is 0 Å². The number of nitrogens with zero attached hydrogens (tertiary/aromatic N) is 3. The summed E-state index contributed by atoms with van der Waals surface area (Å²) < 4.78 is 11.7. The van der Waals surface area contributed by atoms with E-state index in [2.05, 4.69) is 40.2 Å². The number of amides is 1. The van der Waals surface area contributed by atoms with Crippen molar-refractivity contribution < 1.29 is 14.3 Å². The Morgan fingerprint density at radius 2 is 1.77 bits per heavy atom. The highest BCUT2D eigenvalue weighted by Crippen LogP contribution is 2.30. The van der Waals surface area contributed by atoms with E-state index in [0.717, 1.165) is 43.4 Å². The number of aromatic nitrogens is 1. The lowest BCUT2D eigenvalue weighted by atomic mass is 10.2. The van der Waals surface area contributed by atoms with E-state index < -0.39 is 0 Å². The van der Waals surface area contributed by atoms with E-state index in [1.165, 1.54) is 10.3 Å². The van der Waals surface area contributed by atoms with Gasteiger partial charge in [0, 0.05) is 50.9 Å². The predicted octanol–water partition coefficient (Wildman–Crippen LogP) is 3.17. The van der Waals surface area contributed by atoms with Crippen LogP contribution in [0.4, 0.5) is 5.13 Å². The van der Waals surface area contributed by atoms with Gasteiger partial charge in [-0.15, -0.1) is 0 Å². The highest BCUT2D eigenvalue weighted by atomic mass is 32.1. The maximum atomic E-state index is 12.5. The third-order valence-electron chi connectivity index (χ3n) is 5.50. The van der Waals surface area contributed by atoms with Crippen LogP contribution in [0.5, 0.6) is 11.5 Å². The molecule has 0 spiro atoms. The second-order valence-electron chi connectivity index (χ2n) is 7.65. The fourth-order valence-corrected chi connectivity index (χ4v) is 4.80. The lowest BCUT2D eigenvalue weighted by Gasteiger charge is -2.34. The minimum absolute atomic E-state index is 0.124. The first-order valence-corrected chi connectivity index (χ1v) is 11.2. The molecule has 1 aliphatic rings. The predicted molar refractivity (Wildman–Crippen MR) is 125 cm³/mol. The molecule has 2 aromatic carbocycles. The van der Waals surface area contributed by atoms with Crippen LogP contribution in [0.25, 0.3) is 10.2 Å². The lowest BCUT2D eigenvalue weighted by molar-refractivity contribution is 0.0947. The van der Waals surface area contributed by atoms with Crippen LogP contribution in [0.2, 0.25) is 0 Å². The average Bonchev–Trinajstić information content (AvgIpc) is 3.22. The lowest BCUT2D eigenvalue weighted by Crippen LogP contribution is -2.48. The molecule has 0 saturated carbocycles. The van der Waals surface area contributed by atoms with Gasteiger partial charge < -0.3 is 19.7 Å². The van der Waals surface area contributed by atoms with E-state index in [9.17, 15) is 4.79 Å². The van der Waals surface area contributed by atoms with Crippen molar-refractivity contribution in [3.63, 3.8) is 0 Å². The van der Waals surface area contributed by atoms with Gasteiger partial charge in [-0.25, -0.2) is 4.98 Å². The van der Waals surface area contributed by atoms with Crippen LogP contribution < -0.4 is 19.7 Å². The van der Waals surface area contributed by atoms with E-state index in [0.29, 0.717) is 23.6 Å². The standard InChI is InChI=1S/C23H28N4O3S/c1-16-4-5-20-21(12-16)31-23(25-20)27-10-8-26(9-11-27)7-6-24-22(28)17-13-18(29-2)15-19(14-17)30-3/h4-5,12-15H,6-11H2,1-3H3,(H,24,28). The number of aryl methyl sites for hydroxylation is 1. The Labute approximate surface area is 186 Å². The number of benzene rings is 2. The van der Waals surface area contributed by atoms with Crippen LogP contribution in [0.3, 0.4) is 0 Å². The molecular formula is C23H28N4O3S. The number of ether oxygens (including phenoxy) is 2. The molecule has 0 unspecified atom stereocenters. The third-order valence-corrected chi connectivity index (χ3v) is 6.58. The number of anilines is 1. The van der Waals surface area contributed by atoms with Gasteiger partial charge in [-0.05, 0) is 36.8 Å². The van der Waals surface area contributed by atoms with Crippen LogP contribution in [-0.4, -0.2) is 69.3 Å². The molecule has 1 saturated heterocycles. The van der Waals surface area contributed by atoms with Crippen LogP contribution in [0.1, 0.15) is 15.9 Å². The first-order valence-electron chi connectivity index (χ1n) is 10.4. The molecule has 1 aromatic heterocycles. The van der Waals surface area contributed by atoms with Crippen LogP contribution in [-0.2, 0) is 0 Å². The molecule has 1 amide bonds. The summed E-state index contributed by atoms with van der Waals surface area (Å²) in [4.78, 5) is 22.0. The number of rotatable bonds is 7. The van der Waals surface area contributed by atoms with Gasteiger partial charge in [0.1, 0.15) is 11.5 Å². The largest absolute Gasteiger partial charge is 0.497 e. The van der Waals surface area contributed by atoms with E-state index in [1.54, 1.807) is 43.8 Å². The Morgan fingerprint density at radius 1 is 1.06 bits per heavy atom. The molecule has 4 rings (SSSR count). The molecule has 0 atom stereocenters. The fraction of sp³-hybridized carbons (Fsp3) is 0.391. The molecule has 0 bridgehead atoms. The highest BCUT2D eigenvalue weighted by Gasteiger charge is 2.20. The number of carbonyl (C=O) groups excluding carboxylic acids is 1. The Balaban J connectivity index is 1.26. The molecule has 1 fully saturated rings. The monoisotopic (exact) mass is 440 g/mol. The number of nitrogens with one attached hydrogen (secondary N) is 1. The van der Waals surface area contributed by atoms with Gasteiger partial charge in [0.05, 0.1) is 24.4 Å². The number of piperazine rings is 1. The second-order valence-corrected chi connectivity index (χ2v) is 8.66. The number of carbonyl (C=O) groups is 1. The van der Waals surface area contributed by atoms with Crippen LogP contribution in [0.15, 0.2) is 36.4 Å². The van der Waals surface area contributed by atoms with E-state index in [1.807, 2.05) is 0 Å². The summed E-state index contributed by atoms with van der Waals surface area (Å²) in [6, 6.07) is 11.6. The maximum absolute atomic E-state index is 12.5. The summed E-state index contributed by atoms with van der Waals surface area (Å²) in [5.41, 5.74) is 2.87. The van der Waals surface area contributed by atoms with Crippen LogP contribution in [0, 0.1) is 6.92 Å². The minimum Gasteiger partial charge on any atom is -0.497 e. The van der Waals surface area contributed by atoms with Crippen molar-refractivity contribution in [3.05, 3.63) is 47.5 Å². The first kappa shape index (κ1) is 21.4. The summed E-state index contributed by atoms with van der Waals surface area (Å²) in [6.07, 6.45) is 0. The SMILES string of the molecule is COc1cc(OC)cc(C(=O)NCCN2CCN(c3nc4ccc(C)cc4s3)CC2)c1. The van der Waals surface area contributed by atoms with Crippen molar-refractivity contribution in [1.82, 2.24) is 15.2 Å². The van der Waals surface area contributed by atoms with Gasteiger partial charge in [0.2, 0.25) is 0 Å². The molecule has 1 N–H and O–H groups in total. The maximum Gasteiger partial charge on any atom is 0.251 e. The van der Waals surface area contributed by atoms with Gasteiger partial charge in [-0.2, -0.15) is 0 Å². The van der Waals surface area contributed by atoms with E-state index in [4.69, 9.17) is 14.5 Å². The average molecular weight is 441 g/mol. The Hall–Kier alpha value is -2.84. The quantitative estimate of drug-likeness (QED) is 0.609. The molecule has 8 heteroatoms. The Kier molecular flexibility index (Phi) is 6.58. The summed E-state index contributed by atoms with van der Waals surface area (Å²) in [6.45, 7) is 7.33. The van der Waals surface area contributed by atoms with Gasteiger partial charge in [-0.3, -0.25) is 9.69 Å². The Morgan fingerprint density at radius 3 is 2.45 bits per heavy atom. The van der Waals surface area contributed by atoms with Crippen molar-refractivity contribution in [2.75, 3.05) is 58.4 Å². The zero-order valence-electron chi connectivity index (χ0n) is 18.2. The topological polar surface area (TPSA) is 66.9 Å². The summed E-state index contributed by atoms with van der Waals surface area (Å²) in [7, 11) is 3.15. The number of fused-ring (bicyclic) bond motifs is 1. The van der Waals surface area contributed by atoms with Crippen LogP contribution >= 0.6 is 11.3 Å². The summed E-state index contributed by atoms with van der Waals surface area (Å²) >= 11 is 1.76. The molecule has 164 valence electrons. The Bertz CT molecular complexity index is 1040. The molecule has 7 nitrogen and oxygen atoms in total. The minimum atomic E-state index is -0.124. The fourth-order valence-electron chi connectivity index (χ4n) is 3.69. The number of thiazole rings is 1. The molecular weight excluding hydrogens is 412 g/mol. The van der Waals surface area contributed by atoms with Gasteiger partial charge in [0.25, 0.3) is 5.91 Å². The van der Waals surface area contributed by atoms with Crippen molar-refractivity contribution >= 4 is 32.6 Å². The van der Waals surface area contributed by atoms with Crippen molar-refractivity contribution in [3.8, 4) is 11.5 Å². The van der Waals surface area contributed by atoms with Crippen molar-refractivity contribution in [1.29, 1.82) is 0 Å². The number of methoxy groups -OCH3 is 2. The van der Waals surface area contributed by atoms with Gasteiger partial charge in [0.15, 0.2) is 5.13 Å². The van der Waals surface area contributed by atoms with Crippen molar-refractivity contribution in [2.24, 2.45) is 0 Å². The number of hydrogen-bond acceptors (Lipinski definition) is 7. The molecule has 3 aromatic rings. The summed E-state index contributed by atoms with van der Waals surface area (Å²) in [5.74, 6) is 1.08. The zero-order valence-corrected chi connectivity index (χ0v) is 19.0. The second kappa shape index (κ2) is 9.53. The normalized spacial score (nSPS) is 14.6. The van der Waals surface area contributed by atoms with Crippen molar-refractivity contribution in [2.45, 2.75) is 6.92 Å². The van der Waals surface area contributed by atoms with E-state index in [-0.39, 0.29) is 5.91 Å².